The minimum atomic E-state index is 0.598. The predicted octanol–water partition coefficient (Wildman–Crippen LogP) is 9.39. The van der Waals surface area contributed by atoms with Gasteiger partial charge in [-0.1, -0.05) is 109 Å². The molecule has 5 aromatic carbocycles. The first-order valence-electron chi connectivity index (χ1n) is 14.0. The van der Waals surface area contributed by atoms with Crippen LogP contribution in [0.4, 0.5) is 0 Å². The molecule has 0 aliphatic carbocycles. The van der Waals surface area contributed by atoms with Gasteiger partial charge in [0.15, 0.2) is 5.82 Å². The van der Waals surface area contributed by atoms with Crippen LogP contribution in [0.3, 0.4) is 0 Å². The molecule has 0 aliphatic rings. The molecule has 3 aromatic heterocycles. The number of hydrogen-bond acceptors (Lipinski definition) is 4. The summed E-state index contributed by atoms with van der Waals surface area (Å²) in [6, 6.07) is 46.0. The zero-order valence-electron chi connectivity index (χ0n) is 22.6. The Morgan fingerprint density at radius 1 is 0.381 bits per heavy atom. The molecule has 0 atom stereocenters. The molecule has 0 radical (unpaired) electrons. The van der Waals surface area contributed by atoms with E-state index in [2.05, 4.69) is 109 Å². The maximum absolute atomic E-state index is 5.14. The van der Waals surface area contributed by atoms with Gasteiger partial charge in [-0.15, -0.1) is 0 Å². The quantitative estimate of drug-likeness (QED) is 0.225. The number of fused-ring (bicyclic) bond motifs is 3. The van der Waals surface area contributed by atoms with Crippen LogP contribution in [0, 0.1) is 0 Å². The van der Waals surface area contributed by atoms with E-state index in [0.29, 0.717) is 5.82 Å². The van der Waals surface area contributed by atoms with E-state index in [1.165, 1.54) is 5.39 Å². The maximum Gasteiger partial charge on any atom is 0.179 e. The van der Waals surface area contributed by atoms with Crippen molar-refractivity contribution >= 4 is 32.3 Å². The lowest BCUT2D eigenvalue weighted by Gasteiger charge is -2.13. The molecular weight excluding hydrogens is 512 g/mol. The predicted molar refractivity (Wildman–Crippen MR) is 172 cm³/mol. The SMILES string of the molecule is c1cc(-c2cc(-c3cccc4ccccc34)nc(-c3nccc4ccccc34)n2)cc(-c2nccc3ccccc23)c1. The lowest BCUT2D eigenvalue weighted by atomic mass is 9.98. The van der Waals surface area contributed by atoms with E-state index in [9.17, 15) is 0 Å². The fraction of sp³-hybridized carbons (Fsp3) is 0. The first-order valence-corrected chi connectivity index (χ1v) is 14.0. The van der Waals surface area contributed by atoms with E-state index >= 15 is 0 Å². The molecule has 0 amide bonds. The van der Waals surface area contributed by atoms with Gasteiger partial charge in [0.2, 0.25) is 0 Å². The number of benzene rings is 5. The summed E-state index contributed by atoms with van der Waals surface area (Å²) < 4.78 is 0. The average Bonchev–Trinajstić information content (AvgIpc) is 3.07. The molecule has 0 bridgehead atoms. The second-order valence-corrected chi connectivity index (χ2v) is 10.3. The van der Waals surface area contributed by atoms with Crippen LogP contribution < -0.4 is 0 Å². The molecular formula is C38H24N4. The van der Waals surface area contributed by atoms with Gasteiger partial charge in [0.25, 0.3) is 0 Å². The van der Waals surface area contributed by atoms with Crippen molar-refractivity contribution in [3.63, 3.8) is 0 Å². The first kappa shape index (κ1) is 24.1. The van der Waals surface area contributed by atoms with Crippen molar-refractivity contribution in [2.24, 2.45) is 0 Å². The topological polar surface area (TPSA) is 51.6 Å². The van der Waals surface area contributed by atoms with Gasteiger partial charge in [0.1, 0.15) is 5.69 Å². The van der Waals surface area contributed by atoms with E-state index in [1.54, 1.807) is 0 Å². The zero-order chi connectivity index (χ0) is 27.9. The lowest BCUT2D eigenvalue weighted by Crippen LogP contribution is -1.98. The summed E-state index contributed by atoms with van der Waals surface area (Å²) in [6.45, 7) is 0. The third-order valence-electron chi connectivity index (χ3n) is 7.78. The highest BCUT2D eigenvalue weighted by atomic mass is 14.9. The first-order chi connectivity index (χ1) is 20.8. The Balaban J connectivity index is 1.37. The number of aromatic nitrogens is 4. The van der Waals surface area contributed by atoms with Gasteiger partial charge >= 0.3 is 0 Å². The van der Waals surface area contributed by atoms with Gasteiger partial charge in [0, 0.05) is 39.9 Å². The Morgan fingerprint density at radius 3 is 1.69 bits per heavy atom. The highest BCUT2D eigenvalue weighted by Gasteiger charge is 2.16. The largest absolute Gasteiger partial charge is 0.256 e. The van der Waals surface area contributed by atoms with Crippen molar-refractivity contribution in [2.75, 3.05) is 0 Å². The summed E-state index contributed by atoms with van der Waals surface area (Å²) in [5.41, 5.74) is 6.50. The van der Waals surface area contributed by atoms with Crippen molar-refractivity contribution in [2.45, 2.75) is 0 Å². The van der Waals surface area contributed by atoms with Crippen LogP contribution in [0.1, 0.15) is 0 Å². The van der Waals surface area contributed by atoms with Crippen LogP contribution in [-0.4, -0.2) is 19.9 Å². The van der Waals surface area contributed by atoms with E-state index < -0.39 is 0 Å². The fourth-order valence-corrected chi connectivity index (χ4v) is 5.76. The molecule has 196 valence electrons. The van der Waals surface area contributed by atoms with Crippen LogP contribution >= 0.6 is 0 Å². The highest BCUT2D eigenvalue weighted by molar-refractivity contribution is 5.98. The molecule has 3 heterocycles. The standard InChI is InChI=1S/C38H24N4/c1-4-15-30-25(9-1)12-8-18-33(30)35-24-34(41-38(42-35)37-32-17-6-3-11-27(32)20-22-40-37)28-13-7-14-29(23-28)36-31-16-5-2-10-26(31)19-21-39-36/h1-24H. The molecule has 4 nitrogen and oxygen atoms in total. The molecule has 42 heavy (non-hydrogen) atoms. The van der Waals surface area contributed by atoms with E-state index in [0.717, 1.165) is 66.4 Å². The number of pyridine rings is 2. The van der Waals surface area contributed by atoms with Gasteiger partial charge in [0.05, 0.1) is 17.1 Å². The third kappa shape index (κ3) is 4.18. The minimum Gasteiger partial charge on any atom is -0.256 e. The van der Waals surface area contributed by atoms with E-state index in [1.807, 2.05) is 36.7 Å². The normalized spacial score (nSPS) is 11.3. The molecule has 4 heteroatoms. The molecule has 0 spiro atoms. The number of hydrogen-bond donors (Lipinski definition) is 0. The Bertz CT molecular complexity index is 2160. The smallest absolute Gasteiger partial charge is 0.179 e. The molecule has 8 rings (SSSR count). The summed E-state index contributed by atoms with van der Waals surface area (Å²) in [7, 11) is 0. The van der Waals surface area contributed by atoms with Gasteiger partial charge in [-0.2, -0.15) is 0 Å². The molecule has 0 fully saturated rings. The Morgan fingerprint density at radius 2 is 0.929 bits per heavy atom. The molecule has 0 aliphatic heterocycles. The Labute approximate surface area is 243 Å². The number of nitrogens with zero attached hydrogens (tertiary/aromatic N) is 4. The van der Waals surface area contributed by atoms with Crippen molar-refractivity contribution in [1.82, 2.24) is 19.9 Å². The second-order valence-electron chi connectivity index (χ2n) is 10.3. The molecule has 0 N–H and O–H groups in total. The van der Waals surface area contributed by atoms with E-state index in [4.69, 9.17) is 19.9 Å². The highest BCUT2D eigenvalue weighted by Crippen LogP contribution is 2.35. The average molecular weight is 537 g/mol. The summed E-state index contributed by atoms with van der Waals surface area (Å²) in [6.07, 6.45) is 3.70. The monoisotopic (exact) mass is 536 g/mol. The van der Waals surface area contributed by atoms with Gasteiger partial charge in [-0.25, -0.2) is 9.97 Å². The third-order valence-corrected chi connectivity index (χ3v) is 7.78. The number of rotatable bonds is 4. The summed E-state index contributed by atoms with van der Waals surface area (Å²) in [5, 5.41) is 6.73. The summed E-state index contributed by atoms with van der Waals surface area (Å²) in [5.74, 6) is 0.598. The maximum atomic E-state index is 5.14. The molecule has 0 saturated carbocycles. The van der Waals surface area contributed by atoms with Crippen molar-refractivity contribution in [3.8, 4) is 45.3 Å². The van der Waals surface area contributed by atoms with Crippen molar-refractivity contribution in [1.29, 1.82) is 0 Å². The van der Waals surface area contributed by atoms with E-state index in [-0.39, 0.29) is 0 Å². The van der Waals surface area contributed by atoms with Crippen LogP contribution in [0.5, 0.6) is 0 Å². The van der Waals surface area contributed by atoms with Gasteiger partial charge in [-0.3, -0.25) is 9.97 Å². The van der Waals surface area contributed by atoms with Crippen LogP contribution in [0.25, 0.3) is 77.6 Å². The van der Waals surface area contributed by atoms with Crippen LogP contribution in [0.2, 0.25) is 0 Å². The Hall–Kier alpha value is -5.74. The fourth-order valence-electron chi connectivity index (χ4n) is 5.76. The Kier molecular flexibility index (Phi) is 5.75. The van der Waals surface area contributed by atoms with Gasteiger partial charge < -0.3 is 0 Å². The lowest BCUT2D eigenvalue weighted by molar-refractivity contribution is 1.16. The summed E-state index contributed by atoms with van der Waals surface area (Å²) in [4.78, 5) is 19.8. The van der Waals surface area contributed by atoms with Crippen LogP contribution in [0.15, 0.2) is 146 Å². The second kappa shape index (κ2) is 10.0. The van der Waals surface area contributed by atoms with Gasteiger partial charge in [-0.05, 0) is 45.8 Å². The molecule has 8 aromatic rings. The minimum absolute atomic E-state index is 0.598. The van der Waals surface area contributed by atoms with Crippen molar-refractivity contribution < 1.29 is 0 Å². The molecule has 0 unspecified atom stereocenters. The van der Waals surface area contributed by atoms with Crippen molar-refractivity contribution in [3.05, 3.63) is 146 Å². The molecule has 0 saturated heterocycles. The summed E-state index contributed by atoms with van der Waals surface area (Å²) >= 11 is 0. The van der Waals surface area contributed by atoms with Crippen LogP contribution in [-0.2, 0) is 0 Å². The zero-order valence-corrected chi connectivity index (χ0v) is 22.6.